The molecule has 0 radical (unpaired) electrons. The highest BCUT2D eigenvalue weighted by atomic mass is 19.1. The van der Waals surface area contributed by atoms with Crippen molar-refractivity contribution in [1.29, 1.82) is 0 Å². The molecule has 0 bridgehead atoms. The molecule has 2 fully saturated rings. The zero-order valence-electron chi connectivity index (χ0n) is 16.4. The minimum Gasteiger partial charge on any atom is -0.441 e. The van der Waals surface area contributed by atoms with Crippen LogP contribution in [0.15, 0.2) is 48.9 Å². The Morgan fingerprint density at radius 3 is 2.87 bits per heavy atom. The fourth-order valence-electron chi connectivity index (χ4n) is 4.32. The number of halogens is 1. The first-order valence-electron chi connectivity index (χ1n) is 10.2. The molecule has 156 valence electrons. The average molecular weight is 410 g/mol. The first-order chi connectivity index (χ1) is 14.6. The number of carbonyl (C=O) groups excluding carboxylic acids is 1. The Labute approximate surface area is 173 Å². The highest BCUT2D eigenvalue weighted by Gasteiger charge is 2.47. The van der Waals surface area contributed by atoms with E-state index in [9.17, 15) is 9.18 Å². The van der Waals surface area contributed by atoms with Crippen molar-refractivity contribution in [2.75, 3.05) is 23.3 Å². The molecule has 2 N–H and O–H groups in total. The van der Waals surface area contributed by atoms with E-state index in [-0.39, 0.29) is 11.9 Å². The number of carbonyl (C=O) groups is 1. The number of nitrogens with one attached hydrogen (secondary N) is 2. The van der Waals surface area contributed by atoms with Gasteiger partial charge in [0.25, 0.3) is 0 Å². The maximum atomic E-state index is 13.9. The second-order valence-corrected chi connectivity index (χ2v) is 8.01. The van der Waals surface area contributed by atoms with Crippen LogP contribution in [0.1, 0.15) is 25.7 Å². The molecule has 1 aliphatic heterocycles. The maximum absolute atomic E-state index is 13.9. The van der Waals surface area contributed by atoms with Crippen molar-refractivity contribution in [3.63, 3.8) is 0 Å². The van der Waals surface area contributed by atoms with Crippen molar-refractivity contribution in [1.82, 2.24) is 20.0 Å². The Kier molecular flexibility index (Phi) is 4.65. The van der Waals surface area contributed by atoms with Gasteiger partial charge >= 0.3 is 6.09 Å². The van der Waals surface area contributed by atoms with E-state index in [1.807, 2.05) is 6.07 Å². The van der Waals surface area contributed by atoms with Crippen LogP contribution < -0.4 is 10.2 Å². The van der Waals surface area contributed by atoms with Crippen LogP contribution in [0.25, 0.3) is 5.69 Å². The average Bonchev–Trinajstić information content (AvgIpc) is 3.49. The van der Waals surface area contributed by atoms with Gasteiger partial charge in [-0.3, -0.25) is 10.00 Å². The SMILES string of the molecule is O=C1O[C@]2(CC[C@H](CNc3ccn(-c4ccccc4F)n3)CC2)CN1c1cn[nH]c1. The molecule has 9 heteroatoms. The number of hydrogen-bond donors (Lipinski definition) is 2. The summed E-state index contributed by atoms with van der Waals surface area (Å²) in [5.74, 6) is 0.883. The van der Waals surface area contributed by atoms with Gasteiger partial charge in [-0.2, -0.15) is 10.2 Å². The normalized spacial score (nSPS) is 23.7. The minimum atomic E-state index is -0.405. The molecule has 1 aromatic carbocycles. The zero-order valence-corrected chi connectivity index (χ0v) is 16.4. The van der Waals surface area contributed by atoms with E-state index >= 15 is 0 Å². The summed E-state index contributed by atoms with van der Waals surface area (Å²) < 4.78 is 21.2. The molecule has 0 unspecified atom stereocenters. The van der Waals surface area contributed by atoms with Gasteiger partial charge < -0.3 is 10.1 Å². The number of rotatable bonds is 5. The lowest BCUT2D eigenvalue weighted by Gasteiger charge is -2.35. The number of H-pyrrole nitrogens is 1. The van der Waals surface area contributed by atoms with Crippen molar-refractivity contribution in [3.8, 4) is 5.69 Å². The Hall–Kier alpha value is -3.36. The predicted molar refractivity (Wildman–Crippen MR) is 109 cm³/mol. The molecule has 1 saturated heterocycles. The van der Waals surface area contributed by atoms with Crippen molar-refractivity contribution in [3.05, 3.63) is 54.7 Å². The lowest BCUT2D eigenvalue weighted by Crippen LogP contribution is -2.39. The molecular weight excluding hydrogens is 387 g/mol. The number of aromatic amines is 1. The van der Waals surface area contributed by atoms with E-state index in [4.69, 9.17) is 4.74 Å². The number of amides is 1. The standard InChI is InChI=1S/C21H23FN6O2/c22-17-3-1-2-4-18(17)28-10-7-19(26-28)23-11-15-5-8-21(9-6-15)14-27(20(29)30-21)16-12-24-25-13-16/h1-4,7,10,12-13,15H,5-6,8-9,11,14H2,(H,23,26)(H,24,25)/t15-,21-. The Balaban J connectivity index is 1.15. The second kappa shape index (κ2) is 7.47. The molecule has 8 nitrogen and oxygen atoms in total. The third-order valence-corrected chi connectivity index (χ3v) is 6.04. The molecule has 3 aromatic rings. The summed E-state index contributed by atoms with van der Waals surface area (Å²) in [7, 11) is 0. The summed E-state index contributed by atoms with van der Waals surface area (Å²) in [6, 6.07) is 8.41. The van der Waals surface area contributed by atoms with E-state index in [0.29, 0.717) is 18.2 Å². The highest BCUT2D eigenvalue weighted by Crippen LogP contribution is 2.40. The second-order valence-electron chi connectivity index (χ2n) is 8.01. The topological polar surface area (TPSA) is 88.1 Å². The predicted octanol–water partition coefficient (Wildman–Crippen LogP) is 3.73. The Morgan fingerprint density at radius 1 is 1.27 bits per heavy atom. The number of hydrogen-bond acceptors (Lipinski definition) is 5. The maximum Gasteiger partial charge on any atom is 0.415 e. The van der Waals surface area contributed by atoms with E-state index in [2.05, 4.69) is 20.6 Å². The van der Waals surface area contributed by atoms with Gasteiger partial charge in [-0.15, -0.1) is 0 Å². The fraction of sp³-hybridized carbons (Fsp3) is 0.381. The van der Waals surface area contributed by atoms with Gasteiger partial charge in [0, 0.05) is 25.0 Å². The summed E-state index contributed by atoms with van der Waals surface area (Å²) >= 11 is 0. The number of aromatic nitrogens is 4. The number of anilines is 2. The number of ether oxygens (including phenoxy) is 1. The molecular formula is C21H23FN6O2. The minimum absolute atomic E-state index is 0.299. The van der Waals surface area contributed by atoms with Crippen LogP contribution >= 0.6 is 0 Å². The fourth-order valence-corrected chi connectivity index (χ4v) is 4.32. The Morgan fingerprint density at radius 2 is 2.10 bits per heavy atom. The first kappa shape index (κ1) is 18.7. The molecule has 5 rings (SSSR count). The molecule has 2 aromatic heterocycles. The molecule has 1 amide bonds. The van der Waals surface area contributed by atoms with Crippen LogP contribution in [0.3, 0.4) is 0 Å². The summed E-state index contributed by atoms with van der Waals surface area (Å²) in [4.78, 5) is 13.9. The van der Waals surface area contributed by atoms with E-state index in [1.54, 1.807) is 41.7 Å². The van der Waals surface area contributed by atoms with E-state index in [1.165, 1.54) is 10.7 Å². The molecule has 1 aliphatic carbocycles. The highest BCUT2D eigenvalue weighted by molar-refractivity contribution is 5.89. The van der Waals surface area contributed by atoms with Gasteiger partial charge in [0.05, 0.1) is 18.4 Å². The van der Waals surface area contributed by atoms with Crippen LogP contribution in [-0.4, -0.2) is 44.8 Å². The van der Waals surface area contributed by atoms with E-state index in [0.717, 1.165) is 43.7 Å². The number of nitrogens with zero attached hydrogens (tertiary/aromatic N) is 4. The quantitative estimate of drug-likeness (QED) is 0.669. The molecule has 3 heterocycles. The number of para-hydroxylation sites is 1. The van der Waals surface area contributed by atoms with Crippen molar-refractivity contribution < 1.29 is 13.9 Å². The van der Waals surface area contributed by atoms with Crippen LogP contribution in [0.2, 0.25) is 0 Å². The van der Waals surface area contributed by atoms with Gasteiger partial charge in [0.1, 0.15) is 22.9 Å². The third-order valence-electron chi connectivity index (χ3n) is 6.04. The smallest absolute Gasteiger partial charge is 0.415 e. The molecule has 1 saturated carbocycles. The summed E-state index contributed by atoms with van der Waals surface area (Å²) in [6.07, 6.45) is 8.39. The zero-order chi connectivity index (χ0) is 20.6. The monoisotopic (exact) mass is 410 g/mol. The lowest BCUT2D eigenvalue weighted by molar-refractivity contribution is 0.0148. The van der Waals surface area contributed by atoms with Crippen molar-refractivity contribution >= 4 is 17.6 Å². The third kappa shape index (κ3) is 3.51. The van der Waals surface area contributed by atoms with E-state index < -0.39 is 5.60 Å². The van der Waals surface area contributed by atoms with Gasteiger partial charge in [-0.1, -0.05) is 12.1 Å². The van der Waals surface area contributed by atoms with Gasteiger partial charge in [0.15, 0.2) is 0 Å². The molecule has 2 aliphatic rings. The van der Waals surface area contributed by atoms with Crippen LogP contribution in [0.4, 0.5) is 20.7 Å². The molecule has 30 heavy (non-hydrogen) atoms. The summed E-state index contributed by atoms with van der Waals surface area (Å²) in [5, 5.41) is 14.4. The van der Waals surface area contributed by atoms with Crippen molar-refractivity contribution in [2.45, 2.75) is 31.3 Å². The molecule has 1 spiro atoms. The van der Waals surface area contributed by atoms with Crippen LogP contribution in [0, 0.1) is 11.7 Å². The molecule has 0 atom stereocenters. The number of benzene rings is 1. The lowest BCUT2D eigenvalue weighted by atomic mass is 9.78. The van der Waals surface area contributed by atoms with Gasteiger partial charge in [-0.25, -0.2) is 13.9 Å². The first-order valence-corrected chi connectivity index (χ1v) is 10.2. The Bertz CT molecular complexity index is 1030. The van der Waals surface area contributed by atoms with Gasteiger partial charge in [-0.05, 0) is 43.7 Å². The van der Waals surface area contributed by atoms with Gasteiger partial charge in [0.2, 0.25) is 0 Å². The van der Waals surface area contributed by atoms with Crippen molar-refractivity contribution in [2.24, 2.45) is 5.92 Å². The summed E-state index contributed by atoms with van der Waals surface area (Å²) in [6.45, 7) is 1.35. The van der Waals surface area contributed by atoms with Crippen LogP contribution in [-0.2, 0) is 4.74 Å². The summed E-state index contributed by atoms with van der Waals surface area (Å²) in [5.41, 5.74) is 0.763. The van der Waals surface area contributed by atoms with Crippen LogP contribution in [0.5, 0.6) is 0 Å². The largest absolute Gasteiger partial charge is 0.441 e.